The van der Waals surface area contributed by atoms with Gasteiger partial charge in [0.15, 0.2) is 6.61 Å². The molecule has 1 N–H and O–H groups in total. The number of alkyl halides is 3. The monoisotopic (exact) mass is 340 g/mol. The van der Waals surface area contributed by atoms with Gasteiger partial charge in [0.2, 0.25) is 0 Å². The predicted molar refractivity (Wildman–Crippen MR) is 78.7 cm³/mol. The lowest BCUT2D eigenvalue weighted by Gasteiger charge is -2.09. The van der Waals surface area contributed by atoms with Gasteiger partial charge >= 0.3 is 6.18 Å². The third-order valence-electron chi connectivity index (χ3n) is 2.91. The number of nitro benzene ring substituents is 1. The first-order chi connectivity index (χ1) is 11.3. The van der Waals surface area contributed by atoms with Crippen molar-refractivity contribution in [2.75, 3.05) is 11.9 Å². The van der Waals surface area contributed by atoms with Crippen LogP contribution in [0.2, 0.25) is 0 Å². The molecule has 0 saturated carbocycles. The molecule has 0 fully saturated rings. The molecule has 0 unspecified atom stereocenters. The molecule has 6 nitrogen and oxygen atoms in total. The van der Waals surface area contributed by atoms with Crippen molar-refractivity contribution in [1.82, 2.24) is 0 Å². The summed E-state index contributed by atoms with van der Waals surface area (Å²) in [7, 11) is 0. The van der Waals surface area contributed by atoms with Crippen LogP contribution in [0.4, 0.5) is 24.5 Å². The fourth-order valence-electron chi connectivity index (χ4n) is 1.75. The summed E-state index contributed by atoms with van der Waals surface area (Å²) >= 11 is 0. The van der Waals surface area contributed by atoms with Crippen molar-refractivity contribution in [3.05, 3.63) is 64.2 Å². The molecular weight excluding hydrogens is 329 g/mol. The summed E-state index contributed by atoms with van der Waals surface area (Å²) < 4.78 is 42.3. The van der Waals surface area contributed by atoms with Gasteiger partial charge in [-0.3, -0.25) is 14.9 Å². The summed E-state index contributed by atoms with van der Waals surface area (Å²) in [5.41, 5.74) is -0.596. The Bertz CT molecular complexity index is 728. The van der Waals surface area contributed by atoms with Gasteiger partial charge in [-0.25, -0.2) is 0 Å². The number of non-ortho nitro benzene ring substituents is 1. The number of benzene rings is 2. The summed E-state index contributed by atoms with van der Waals surface area (Å²) in [5.74, 6) is -0.439. The number of nitrogens with one attached hydrogen (secondary N) is 1. The highest BCUT2D eigenvalue weighted by molar-refractivity contribution is 5.91. The highest BCUT2D eigenvalue weighted by Crippen LogP contribution is 2.30. The van der Waals surface area contributed by atoms with E-state index in [9.17, 15) is 28.1 Å². The van der Waals surface area contributed by atoms with E-state index in [1.807, 2.05) is 0 Å². The van der Waals surface area contributed by atoms with E-state index < -0.39 is 29.2 Å². The van der Waals surface area contributed by atoms with Gasteiger partial charge in [0.05, 0.1) is 10.5 Å². The van der Waals surface area contributed by atoms with Crippen molar-refractivity contribution in [2.24, 2.45) is 0 Å². The quantitative estimate of drug-likeness (QED) is 0.666. The van der Waals surface area contributed by atoms with E-state index in [1.165, 1.54) is 24.3 Å². The SMILES string of the molecule is O=C(COc1ccc(C(F)(F)F)cc1)Nc1ccc([N+](=O)[O-])cc1. The molecule has 9 heteroatoms. The Morgan fingerprint density at radius 1 is 1.08 bits per heavy atom. The number of carbonyl (C=O) groups is 1. The molecule has 2 rings (SSSR count). The average molecular weight is 340 g/mol. The normalized spacial score (nSPS) is 11.0. The summed E-state index contributed by atoms with van der Waals surface area (Å²) in [6.07, 6.45) is -4.44. The molecule has 0 aliphatic heterocycles. The summed E-state index contributed by atoms with van der Waals surface area (Å²) in [5, 5.41) is 13.0. The van der Waals surface area contributed by atoms with Gasteiger partial charge in [0, 0.05) is 17.8 Å². The topological polar surface area (TPSA) is 81.5 Å². The van der Waals surface area contributed by atoms with Crippen molar-refractivity contribution in [3.63, 3.8) is 0 Å². The first-order valence-corrected chi connectivity index (χ1v) is 6.60. The average Bonchev–Trinajstić information content (AvgIpc) is 2.53. The molecule has 126 valence electrons. The molecule has 1 amide bonds. The number of halogens is 3. The van der Waals surface area contributed by atoms with Crippen molar-refractivity contribution in [3.8, 4) is 5.75 Å². The first-order valence-electron chi connectivity index (χ1n) is 6.60. The zero-order valence-corrected chi connectivity index (χ0v) is 12.0. The van der Waals surface area contributed by atoms with Crippen LogP contribution in [-0.4, -0.2) is 17.4 Å². The van der Waals surface area contributed by atoms with Gasteiger partial charge < -0.3 is 10.1 Å². The van der Waals surface area contributed by atoms with Crippen LogP contribution in [-0.2, 0) is 11.0 Å². The van der Waals surface area contributed by atoms with Crippen molar-refractivity contribution in [2.45, 2.75) is 6.18 Å². The summed E-state index contributed by atoms with van der Waals surface area (Å²) in [4.78, 5) is 21.6. The largest absolute Gasteiger partial charge is 0.484 e. The molecule has 0 saturated heterocycles. The number of carbonyl (C=O) groups excluding carboxylic acids is 1. The Balaban J connectivity index is 1.87. The first kappa shape index (κ1) is 17.3. The van der Waals surface area contributed by atoms with Gasteiger partial charge in [0.1, 0.15) is 5.75 Å². The number of anilines is 1. The van der Waals surface area contributed by atoms with Crippen LogP contribution in [0.25, 0.3) is 0 Å². The Labute approximate surface area is 134 Å². The van der Waals surface area contributed by atoms with Crippen LogP contribution in [0.15, 0.2) is 48.5 Å². The molecule has 0 bridgehead atoms. The Morgan fingerprint density at radius 3 is 2.17 bits per heavy atom. The smallest absolute Gasteiger partial charge is 0.416 e. The minimum absolute atomic E-state index is 0.113. The lowest BCUT2D eigenvalue weighted by molar-refractivity contribution is -0.384. The molecule has 0 atom stereocenters. The van der Waals surface area contributed by atoms with E-state index in [-0.39, 0.29) is 11.4 Å². The molecular formula is C15H11F3N2O4. The van der Waals surface area contributed by atoms with Gasteiger partial charge in [-0.1, -0.05) is 0 Å². The zero-order chi connectivity index (χ0) is 17.7. The molecule has 2 aromatic carbocycles. The van der Waals surface area contributed by atoms with Crippen molar-refractivity contribution in [1.29, 1.82) is 0 Å². The number of hydrogen-bond donors (Lipinski definition) is 1. The molecule has 0 aliphatic rings. The minimum atomic E-state index is -4.44. The van der Waals surface area contributed by atoms with E-state index in [4.69, 9.17) is 4.74 Å². The summed E-state index contributed by atoms with van der Waals surface area (Å²) in [6.45, 7) is -0.414. The maximum absolute atomic E-state index is 12.4. The lowest BCUT2D eigenvalue weighted by atomic mass is 10.2. The van der Waals surface area contributed by atoms with Crippen molar-refractivity contribution < 1.29 is 27.6 Å². The van der Waals surface area contributed by atoms with E-state index in [2.05, 4.69) is 5.32 Å². The van der Waals surface area contributed by atoms with Gasteiger partial charge in [0.25, 0.3) is 11.6 Å². The van der Waals surface area contributed by atoms with Gasteiger partial charge in [-0.15, -0.1) is 0 Å². The van der Waals surface area contributed by atoms with E-state index in [0.29, 0.717) is 5.69 Å². The van der Waals surface area contributed by atoms with Crippen LogP contribution in [0, 0.1) is 10.1 Å². The zero-order valence-electron chi connectivity index (χ0n) is 12.0. The standard InChI is InChI=1S/C15H11F3N2O4/c16-15(17,18)10-1-7-13(8-2-10)24-9-14(21)19-11-3-5-12(6-4-11)20(22)23/h1-8H,9H2,(H,19,21). The van der Waals surface area contributed by atoms with E-state index in [0.717, 1.165) is 24.3 Å². The maximum Gasteiger partial charge on any atom is 0.416 e. The van der Waals surface area contributed by atoms with Crippen LogP contribution in [0.5, 0.6) is 5.75 Å². The molecule has 0 radical (unpaired) electrons. The third kappa shape index (κ3) is 4.70. The maximum atomic E-state index is 12.4. The Hall–Kier alpha value is -3.10. The number of nitro groups is 1. The number of ether oxygens (including phenoxy) is 1. The van der Waals surface area contributed by atoms with Crippen LogP contribution < -0.4 is 10.1 Å². The minimum Gasteiger partial charge on any atom is -0.484 e. The van der Waals surface area contributed by atoms with Gasteiger partial charge in [-0.2, -0.15) is 13.2 Å². The number of nitrogens with zero attached hydrogens (tertiary/aromatic N) is 1. The Kier molecular flexibility index (Phi) is 5.02. The molecule has 0 heterocycles. The molecule has 24 heavy (non-hydrogen) atoms. The van der Waals surface area contributed by atoms with Crippen LogP contribution in [0.3, 0.4) is 0 Å². The number of hydrogen-bond acceptors (Lipinski definition) is 4. The highest BCUT2D eigenvalue weighted by atomic mass is 19.4. The molecule has 0 aromatic heterocycles. The Morgan fingerprint density at radius 2 is 1.67 bits per heavy atom. The molecule has 2 aromatic rings. The fraction of sp³-hybridized carbons (Fsp3) is 0.133. The van der Waals surface area contributed by atoms with Gasteiger partial charge in [-0.05, 0) is 36.4 Å². The second kappa shape index (κ2) is 6.99. The predicted octanol–water partition coefficient (Wildman–Crippen LogP) is 3.63. The lowest BCUT2D eigenvalue weighted by Crippen LogP contribution is -2.20. The van der Waals surface area contributed by atoms with Crippen LogP contribution >= 0.6 is 0 Å². The second-order valence-corrected chi connectivity index (χ2v) is 4.66. The van der Waals surface area contributed by atoms with Crippen LogP contribution in [0.1, 0.15) is 5.56 Å². The van der Waals surface area contributed by atoms with E-state index >= 15 is 0 Å². The molecule has 0 aliphatic carbocycles. The number of amides is 1. The molecule has 0 spiro atoms. The number of rotatable bonds is 5. The summed E-state index contributed by atoms with van der Waals surface area (Å²) in [6, 6.07) is 9.10. The highest BCUT2D eigenvalue weighted by Gasteiger charge is 2.30. The fourth-order valence-corrected chi connectivity index (χ4v) is 1.75. The van der Waals surface area contributed by atoms with Crippen molar-refractivity contribution >= 4 is 17.3 Å². The van der Waals surface area contributed by atoms with E-state index in [1.54, 1.807) is 0 Å². The third-order valence-corrected chi connectivity index (χ3v) is 2.91. The second-order valence-electron chi connectivity index (χ2n) is 4.66.